The van der Waals surface area contributed by atoms with E-state index in [4.69, 9.17) is 5.11 Å². The second kappa shape index (κ2) is 2.44. The molecule has 0 aromatic heterocycles. The summed E-state index contributed by atoms with van der Waals surface area (Å²) in [5, 5.41) is 28.2. The highest BCUT2D eigenvalue weighted by atomic mass is 16.3. The summed E-state index contributed by atoms with van der Waals surface area (Å²) in [6.45, 7) is 3.29. The van der Waals surface area contributed by atoms with E-state index in [2.05, 4.69) is 0 Å². The topological polar surface area (TPSA) is 60.7 Å². The minimum absolute atomic E-state index is 0.267. The van der Waals surface area contributed by atoms with Crippen LogP contribution in [0.2, 0.25) is 0 Å². The van der Waals surface area contributed by atoms with Crippen molar-refractivity contribution in [3.63, 3.8) is 0 Å². The van der Waals surface area contributed by atoms with Gasteiger partial charge in [-0.05, 0) is 12.8 Å². The highest BCUT2D eigenvalue weighted by molar-refractivity contribution is 5.03. The number of hydrogen-bond donors (Lipinski definition) is 3. The van der Waals surface area contributed by atoms with Gasteiger partial charge in [0.05, 0.1) is 18.3 Å². The first kappa shape index (κ1) is 8.97. The largest absolute Gasteiger partial charge is 0.393 e. The molecule has 1 aliphatic carbocycles. The Morgan fingerprint density at radius 2 is 2.00 bits per heavy atom. The van der Waals surface area contributed by atoms with Crippen molar-refractivity contribution in [1.82, 2.24) is 0 Å². The molecule has 0 radical (unpaired) electrons. The first-order valence-corrected chi connectivity index (χ1v) is 3.95. The Labute approximate surface area is 66.7 Å². The van der Waals surface area contributed by atoms with Crippen LogP contribution < -0.4 is 0 Å². The van der Waals surface area contributed by atoms with Gasteiger partial charge in [0.25, 0.3) is 0 Å². The van der Waals surface area contributed by atoms with Gasteiger partial charge in [0.15, 0.2) is 0 Å². The van der Waals surface area contributed by atoms with Gasteiger partial charge < -0.3 is 15.3 Å². The zero-order valence-corrected chi connectivity index (χ0v) is 7.04. The van der Waals surface area contributed by atoms with Gasteiger partial charge in [0, 0.05) is 5.41 Å². The summed E-state index contributed by atoms with van der Waals surface area (Å²) in [7, 11) is 0. The van der Waals surface area contributed by atoms with E-state index in [9.17, 15) is 10.2 Å². The monoisotopic (exact) mass is 160 g/mol. The summed E-state index contributed by atoms with van der Waals surface area (Å²) in [6.07, 6.45) is 0.557. The van der Waals surface area contributed by atoms with E-state index in [-0.39, 0.29) is 6.61 Å². The molecule has 0 heterocycles. The van der Waals surface area contributed by atoms with Crippen LogP contribution in [0.25, 0.3) is 0 Å². The Bertz CT molecular complexity index is 153. The average Bonchev–Trinajstić information content (AvgIpc) is 2.15. The number of rotatable bonds is 1. The summed E-state index contributed by atoms with van der Waals surface area (Å²) in [5.74, 6) is 0. The summed E-state index contributed by atoms with van der Waals surface area (Å²) in [6, 6.07) is 0. The lowest BCUT2D eigenvalue weighted by Gasteiger charge is -2.36. The summed E-state index contributed by atoms with van der Waals surface area (Å²) in [4.78, 5) is 0. The van der Waals surface area contributed by atoms with Gasteiger partial charge in [-0.2, -0.15) is 0 Å². The fourth-order valence-electron chi connectivity index (χ4n) is 1.65. The molecule has 11 heavy (non-hydrogen) atoms. The molecule has 0 bridgehead atoms. The van der Waals surface area contributed by atoms with E-state index in [0.717, 1.165) is 0 Å². The van der Waals surface area contributed by atoms with E-state index >= 15 is 0 Å². The SMILES string of the molecule is CC1(C)C(O)CCC1(O)CO. The Kier molecular flexibility index (Phi) is 1.99. The highest BCUT2D eigenvalue weighted by Crippen LogP contribution is 2.45. The van der Waals surface area contributed by atoms with Crippen LogP contribution in [0.3, 0.4) is 0 Å². The third-order valence-corrected chi connectivity index (χ3v) is 3.13. The van der Waals surface area contributed by atoms with Crippen LogP contribution in [0, 0.1) is 5.41 Å². The molecule has 0 aliphatic heterocycles. The number of hydrogen-bond acceptors (Lipinski definition) is 3. The van der Waals surface area contributed by atoms with Crippen molar-refractivity contribution < 1.29 is 15.3 Å². The molecule has 1 saturated carbocycles. The third-order valence-electron chi connectivity index (χ3n) is 3.13. The lowest BCUT2D eigenvalue weighted by Crippen LogP contribution is -2.47. The molecule has 0 spiro atoms. The molecule has 3 N–H and O–H groups in total. The van der Waals surface area contributed by atoms with Gasteiger partial charge in [-0.15, -0.1) is 0 Å². The predicted octanol–water partition coefficient (Wildman–Crippen LogP) is -0.109. The Morgan fingerprint density at radius 3 is 2.18 bits per heavy atom. The minimum Gasteiger partial charge on any atom is -0.393 e. The zero-order valence-electron chi connectivity index (χ0n) is 7.04. The first-order valence-electron chi connectivity index (χ1n) is 3.95. The van der Waals surface area contributed by atoms with E-state index in [1.54, 1.807) is 13.8 Å². The molecule has 1 aliphatic rings. The van der Waals surface area contributed by atoms with Crippen LogP contribution in [0.4, 0.5) is 0 Å². The van der Waals surface area contributed by atoms with Crippen molar-refractivity contribution >= 4 is 0 Å². The molecular weight excluding hydrogens is 144 g/mol. The van der Waals surface area contributed by atoms with E-state index in [1.165, 1.54) is 0 Å². The van der Waals surface area contributed by atoms with Crippen LogP contribution in [-0.2, 0) is 0 Å². The number of aliphatic hydroxyl groups is 3. The molecule has 1 fully saturated rings. The van der Waals surface area contributed by atoms with Gasteiger partial charge in [0.2, 0.25) is 0 Å². The smallest absolute Gasteiger partial charge is 0.0953 e. The zero-order chi connectivity index (χ0) is 8.70. The fourth-order valence-corrected chi connectivity index (χ4v) is 1.65. The Morgan fingerprint density at radius 1 is 1.45 bits per heavy atom. The summed E-state index contributed by atoms with van der Waals surface area (Å²) < 4.78 is 0. The maximum absolute atomic E-state index is 9.79. The number of aliphatic hydroxyl groups excluding tert-OH is 2. The molecule has 3 heteroatoms. The van der Waals surface area contributed by atoms with Gasteiger partial charge in [-0.1, -0.05) is 13.8 Å². The molecule has 0 amide bonds. The summed E-state index contributed by atoms with van der Waals surface area (Å²) in [5.41, 5.74) is -1.67. The van der Waals surface area contributed by atoms with Crippen LogP contribution in [0.5, 0.6) is 0 Å². The van der Waals surface area contributed by atoms with E-state index in [1.807, 2.05) is 0 Å². The third kappa shape index (κ3) is 1.08. The van der Waals surface area contributed by atoms with Gasteiger partial charge in [0.1, 0.15) is 0 Å². The average molecular weight is 160 g/mol. The van der Waals surface area contributed by atoms with Crippen molar-refractivity contribution in [1.29, 1.82) is 0 Å². The van der Waals surface area contributed by atoms with Crippen LogP contribution in [-0.4, -0.2) is 33.6 Å². The predicted molar refractivity (Wildman–Crippen MR) is 41.1 cm³/mol. The van der Waals surface area contributed by atoms with E-state index in [0.29, 0.717) is 12.8 Å². The maximum Gasteiger partial charge on any atom is 0.0953 e. The lowest BCUT2D eigenvalue weighted by atomic mass is 9.77. The molecule has 1 rings (SSSR count). The van der Waals surface area contributed by atoms with Crippen LogP contribution in [0.15, 0.2) is 0 Å². The standard InChI is InChI=1S/C8H16O3/c1-7(2)6(10)3-4-8(7,11)5-9/h6,9-11H,3-5H2,1-2H3. The van der Waals surface area contributed by atoms with Crippen molar-refractivity contribution in [2.45, 2.75) is 38.4 Å². The molecular formula is C8H16O3. The molecule has 0 saturated heterocycles. The van der Waals surface area contributed by atoms with Gasteiger partial charge in [-0.25, -0.2) is 0 Å². The second-order valence-electron chi connectivity index (χ2n) is 3.97. The second-order valence-corrected chi connectivity index (χ2v) is 3.97. The molecule has 0 aromatic carbocycles. The van der Waals surface area contributed by atoms with Crippen LogP contribution in [0.1, 0.15) is 26.7 Å². The normalized spacial score (nSPS) is 42.8. The van der Waals surface area contributed by atoms with Gasteiger partial charge in [-0.3, -0.25) is 0 Å². The van der Waals surface area contributed by atoms with Crippen LogP contribution >= 0.6 is 0 Å². The molecule has 0 aromatic rings. The molecule has 66 valence electrons. The lowest BCUT2D eigenvalue weighted by molar-refractivity contribution is -0.109. The first-order chi connectivity index (χ1) is 4.94. The highest BCUT2D eigenvalue weighted by Gasteiger charge is 2.52. The fraction of sp³-hybridized carbons (Fsp3) is 1.00. The van der Waals surface area contributed by atoms with E-state index < -0.39 is 17.1 Å². The molecule has 3 nitrogen and oxygen atoms in total. The Hall–Kier alpha value is -0.120. The van der Waals surface area contributed by atoms with Crippen molar-refractivity contribution in [3.8, 4) is 0 Å². The Balaban J connectivity index is 2.86. The van der Waals surface area contributed by atoms with Crippen molar-refractivity contribution in [2.24, 2.45) is 5.41 Å². The van der Waals surface area contributed by atoms with Crippen molar-refractivity contribution in [2.75, 3.05) is 6.61 Å². The van der Waals surface area contributed by atoms with Crippen molar-refractivity contribution in [3.05, 3.63) is 0 Å². The maximum atomic E-state index is 9.79. The summed E-state index contributed by atoms with van der Waals surface area (Å²) >= 11 is 0. The minimum atomic E-state index is -1.09. The molecule has 2 unspecified atom stereocenters. The van der Waals surface area contributed by atoms with Gasteiger partial charge >= 0.3 is 0 Å². The quantitative estimate of drug-likeness (QED) is 0.501. The molecule has 2 atom stereocenters.